The van der Waals surface area contributed by atoms with Gasteiger partial charge in [-0.25, -0.2) is 0 Å². The fourth-order valence-corrected chi connectivity index (χ4v) is 1.98. The van der Waals surface area contributed by atoms with Gasteiger partial charge in [0.05, 0.1) is 0 Å². The summed E-state index contributed by atoms with van der Waals surface area (Å²) in [5.74, 6) is -0.375. The van der Waals surface area contributed by atoms with E-state index in [-0.39, 0.29) is 0 Å². The molecule has 3 nitrogen and oxygen atoms in total. The molecular formula is C15H22O3. The summed E-state index contributed by atoms with van der Waals surface area (Å²) in [6, 6.07) is 7.37. The summed E-state index contributed by atoms with van der Waals surface area (Å²) in [6.07, 6.45) is 7.82. The number of hydrogen-bond donors (Lipinski definition) is 2. The van der Waals surface area contributed by atoms with E-state index in [9.17, 15) is 4.79 Å². The van der Waals surface area contributed by atoms with Gasteiger partial charge in [-0.15, -0.1) is 0 Å². The fraction of sp³-hybridized carbons (Fsp3) is 0.533. The molecule has 0 aromatic heterocycles. The molecule has 18 heavy (non-hydrogen) atoms. The van der Waals surface area contributed by atoms with Gasteiger partial charge < -0.3 is 10.2 Å². The Labute approximate surface area is 108 Å². The molecule has 0 aliphatic rings. The molecule has 0 heterocycles. The molecule has 0 unspecified atom stereocenters. The second-order valence-electron chi connectivity index (χ2n) is 4.68. The van der Waals surface area contributed by atoms with Crippen LogP contribution in [0, 0.1) is 0 Å². The first-order valence-electron chi connectivity index (χ1n) is 6.68. The molecule has 0 spiro atoms. The number of phenols is 1. The van der Waals surface area contributed by atoms with Crippen LogP contribution in [0.1, 0.15) is 50.5 Å². The van der Waals surface area contributed by atoms with Crippen molar-refractivity contribution < 1.29 is 15.0 Å². The molecule has 0 saturated carbocycles. The third-order valence-electron chi connectivity index (χ3n) is 3.04. The number of carbonyl (C=O) groups is 1. The lowest BCUT2D eigenvalue weighted by Gasteiger charge is -2.02. The Balaban J connectivity index is 1.95. The van der Waals surface area contributed by atoms with E-state index in [4.69, 9.17) is 10.2 Å². The summed E-state index contributed by atoms with van der Waals surface area (Å²) in [5.41, 5.74) is 1.26. The Kier molecular flexibility index (Phi) is 6.92. The Morgan fingerprint density at radius 2 is 1.44 bits per heavy atom. The number of phenolic OH excluding ortho intramolecular Hbond substituents is 1. The molecule has 0 bridgehead atoms. The van der Waals surface area contributed by atoms with Gasteiger partial charge in [-0.2, -0.15) is 0 Å². The van der Waals surface area contributed by atoms with Crippen molar-refractivity contribution in [3.8, 4) is 5.75 Å². The van der Waals surface area contributed by atoms with Crippen molar-refractivity contribution in [2.75, 3.05) is 0 Å². The van der Waals surface area contributed by atoms with Crippen molar-refractivity contribution in [1.82, 2.24) is 0 Å². The second kappa shape index (κ2) is 8.56. The lowest BCUT2D eigenvalue weighted by molar-refractivity contribution is -0.137. The number of unbranched alkanes of at least 4 members (excludes halogenated alkanes) is 5. The Hall–Kier alpha value is -1.51. The zero-order chi connectivity index (χ0) is 13.2. The normalized spacial score (nSPS) is 10.4. The van der Waals surface area contributed by atoms with Crippen molar-refractivity contribution in [1.29, 1.82) is 0 Å². The highest BCUT2D eigenvalue weighted by Crippen LogP contribution is 2.13. The van der Waals surface area contributed by atoms with E-state index in [0.717, 1.165) is 32.1 Å². The molecule has 0 aliphatic carbocycles. The fourth-order valence-electron chi connectivity index (χ4n) is 1.98. The van der Waals surface area contributed by atoms with Crippen molar-refractivity contribution in [2.24, 2.45) is 0 Å². The molecule has 0 saturated heterocycles. The van der Waals surface area contributed by atoms with E-state index in [0.29, 0.717) is 12.2 Å². The molecule has 3 heteroatoms. The monoisotopic (exact) mass is 250 g/mol. The standard InChI is InChI=1S/C15H22O3/c16-14-11-9-13(10-12-14)7-5-3-1-2-4-6-8-15(17)18/h9-12,16H,1-8H2,(H,17,18). The van der Waals surface area contributed by atoms with Crippen molar-refractivity contribution in [2.45, 2.75) is 51.4 Å². The van der Waals surface area contributed by atoms with E-state index in [1.807, 2.05) is 12.1 Å². The zero-order valence-electron chi connectivity index (χ0n) is 10.8. The quantitative estimate of drug-likeness (QED) is 0.656. The zero-order valence-corrected chi connectivity index (χ0v) is 10.8. The van der Waals surface area contributed by atoms with Crippen molar-refractivity contribution >= 4 is 5.97 Å². The molecule has 0 radical (unpaired) electrons. The summed E-state index contributed by atoms with van der Waals surface area (Å²) >= 11 is 0. The SMILES string of the molecule is O=C(O)CCCCCCCCc1ccc(O)cc1. The summed E-state index contributed by atoms with van der Waals surface area (Å²) in [7, 11) is 0. The van der Waals surface area contributed by atoms with E-state index < -0.39 is 5.97 Å². The number of carboxylic acids is 1. The number of rotatable bonds is 9. The second-order valence-corrected chi connectivity index (χ2v) is 4.68. The number of aliphatic carboxylic acids is 1. The van der Waals surface area contributed by atoms with Gasteiger partial charge in [0.25, 0.3) is 0 Å². The molecule has 1 rings (SSSR count). The van der Waals surface area contributed by atoms with Gasteiger partial charge in [0.1, 0.15) is 5.75 Å². The predicted octanol–water partition coefficient (Wildman–Crippen LogP) is 3.75. The van der Waals surface area contributed by atoms with Crippen molar-refractivity contribution in [3.63, 3.8) is 0 Å². The van der Waals surface area contributed by atoms with Crippen LogP contribution in [0.15, 0.2) is 24.3 Å². The van der Waals surface area contributed by atoms with Crippen LogP contribution in [-0.2, 0) is 11.2 Å². The number of carboxylic acid groups (broad SMARTS) is 1. The van der Waals surface area contributed by atoms with Gasteiger partial charge in [0, 0.05) is 6.42 Å². The maximum absolute atomic E-state index is 10.3. The predicted molar refractivity (Wildman–Crippen MR) is 71.8 cm³/mol. The Bertz CT molecular complexity index is 343. The Morgan fingerprint density at radius 1 is 0.889 bits per heavy atom. The molecule has 0 atom stereocenters. The van der Waals surface area contributed by atoms with Gasteiger partial charge >= 0.3 is 5.97 Å². The molecular weight excluding hydrogens is 228 g/mol. The topological polar surface area (TPSA) is 57.5 Å². The van der Waals surface area contributed by atoms with Crippen LogP contribution in [-0.4, -0.2) is 16.2 Å². The summed E-state index contributed by atoms with van der Waals surface area (Å²) < 4.78 is 0. The van der Waals surface area contributed by atoms with Crippen LogP contribution in [0.4, 0.5) is 0 Å². The molecule has 2 N–H and O–H groups in total. The smallest absolute Gasteiger partial charge is 0.303 e. The number of aromatic hydroxyl groups is 1. The lowest BCUT2D eigenvalue weighted by Crippen LogP contribution is -1.93. The molecule has 0 aliphatic heterocycles. The van der Waals surface area contributed by atoms with E-state index in [1.165, 1.54) is 18.4 Å². The maximum atomic E-state index is 10.3. The van der Waals surface area contributed by atoms with Crippen LogP contribution < -0.4 is 0 Å². The summed E-state index contributed by atoms with van der Waals surface area (Å²) in [6.45, 7) is 0. The lowest BCUT2D eigenvalue weighted by atomic mass is 10.0. The minimum absolute atomic E-state index is 0.299. The molecule has 1 aromatic rings. The first-order chi connectivity index (χ1) is 8.68. The van der Waals surface area contributed by atoms with Gasteiger partial charge in [0.2, 0.25) is 0 Å². The van der Waals surface area contributed by atoms with E-state index in [2.05, 4.69) is 0 Å². The van der Waals surface area contributed by atoms with Crippen LogP contribution in [0.5, 0.6) is 5.75 Å². The number of aryl methyl sites for hydroxylation is 1. The van der Waals surface area contributed by atoms with Gasteiger partial charge in [-0.3, -0.25) is 4.79 Å². The number of benzene rings is 1. The largest absolute Gasteiger partial charge is 0.508 e. The minimum Gasteiger partial charge on any atom is -0.508 e. The number of hydrogen-bond acceptors (Lipinski definition) is 2. The Morgan fingerprint density at radius 3 is 2.06 bits per heavy atom. The van der Waals surface area contributed by atoms with E-state index in [1.54, 1.807) is 12.1 Å². The van der Waals surface area contributed by atoms with Gasteiger partial charge in [-0.05, 0) is 37.0 Å². The maximum Gasteiger partial charge on any atom is 0.303 e. The summed E-state index contributed by atoms with van der Waals surface area (Å²) in [5, 5.41) is 17.6. The molecule has 0 amide bonds. The highest BCUT2D eigenvalue weighted by molar-refractivity contribution is 5.66. The minimum atomic E-state index is -0.692. The van der Waals surface area contributed by atoms with Gasteiger partial charge in [0.15, 0.2) is 0 Å². The van der Waals surface area contributed by atoms with Crippen LogP contribution >= 0.6 is 0 Å². The van der Waals surface area contributed by atoms with Crippen LogP contribution in [0.3, 0.4) is 0 Å². The van der Waals surface area contributed by atoms with E-state index >= 15 is 0 Å². The molecule has 1 aromatic carbocycles. The molecule has 0 fully saturated rings. The third-order valence-corrected chi connectivity index (χ3v) is 3.04. The van der Waals surface area contributed by atoms with Gasteiger partial charge in [-0.1, -0.05) is 37.8 Å². The average molecular weight is 250 g/mol. The highest BCUT2D eigenvalue weighted by Gasteiger charge is 1.97. The third kappa shape index (κ3) is 6.94. The highest BCUT2D eigenvalue weighted by atomic mass is 16.4. The molecule has 100 valence electrons. The van der Waals surface area contributed by atoms with Crippen LogP contribution in [0.2, 0.25) is 0 Å². The van der Waals surface area contributed by atoms with Crippen LogP contribution in [0.25, 0.3) is 0 Å². The summed E-state index contributed by atoms with van der Waals surface area (Å²) in [4.78, 5) is 10.3. The van der Waals surface area contributed by atoms with Crippen molar-refractivity contribution in [3.05, 3.63) is 29.8 Å². The average Bonchev–Trinajstić information content (AvgIpc) is 2.34. The first-order valence-corrected chi connectivity index (χ1v) is 6.68. The first kappa shape index (κ1) is 14.6.